The molecule has 0 aliphatic heterocycles. The summed E-state index contributed by atoms with van der Waals surface area (Å²) < 4.78 is 5.19. The molecule has 0 amide bonds. The average Bonchev–Trinajstić information content (AvgIpc) is 2.83. The number of fused-ring (bicyclic) bond motifs is 1. The number of allylic oxidation sites excluding steroid dienone is 4. The number of hydrogen-bond donors (Lipinski definition) is 1. The van der Waals surface area contributed by atoms with Crippen molar-refractivity contribution in [1.29, 1.82) is 0 Å². The van der Waals surface area contributed by atoms with Crippen molar-refractivity contribution in [2.45, 2.75) is 72.3 Å². The highest BCUT2D eigenvalue weighted by atomic mass is 16.5. The first-order valence-electron chi connectivity index (χ1n) is 9.54. The van der Waals surface area contributed by atoms with E-state index in [1.165, 1.54) is 18.1 Å². The van der Waals surface area contributed by atoms with Crippen LogP contribution in [0.15, 0.2) is 35.5 Å². The van der Waals surface area contributed by atoms with Gasteiger partial charge in [0.1, 0.15) is 6.61 Å². The van der Waals surface area contributed by atoms with Gasteiger partial charge in [0.15, 0.2) is 0 Å². The van der Waals surface area contributed by atoms with Crippen LogP contribution in [0.5, 0.6) is 0 Å². The summed E-state index contributed by atoms with van der Waals surface area (Å²) in [5.74, 6) is 0.747. The molecule has 0 aromatic carbocycles. The molecule has 0 heterocycles. The number of hydrogen-bond acceptors (Lipinski definition) is 3. The molecule has 0 spiro atoms. The van der Waals surface area contributed by atoms with Gasteiger partial charge in [-0.3, -0.25) is 4.79 Å². The van der Waals surface area contributed by atoms with E-state index in [0.29, 0.717) is 11.8 Å². The second kappa shape index (κ2) is 8.35. The second-order valence-electron chi connectivity index (χ2n) is 8.36. The van der Waals surface area contributed by atoms with Gasteiger partial charge in [-0.05, 0) is 75.2 Å². The van der Waals surface area contributed by atoms with Crippen LogP contribution >= 0.6 is 0 Å². The van der Waals surface area contributed by atoms with Gasteiger partial charge >= 0.3 is 5.97 Å². The predicted molar refractivity (Wildman–Crippen MR) is 102 cm³/mol. The van der Waals surface area contributed by atoms with E-state index in [4.69, 9.17) is 4.74 Å². The first-order chi connectivity index (χ1) is 11.7. The Hall–Kier alpha value is -1.35. The lowest BCUT2D eigenvalue weighted by Gasteiger charge is -2.36. The summed E-state index contributed by atoms with van der Waals surface area (Å²) in [5.41, 5.74) is 3.59. The Bertz CT molecular complexity index is 572. The Kier molecular flexibility index (Phi) is 6.67. The molecule has 4 atom stereocenters. The fourth-order valence-corrected chi connectivity index (χ4v) is 4.61. The van der Waals surface area contributed by atoms with Crippen molar-refractivity contribution in [3.05, 3.63) is 35.5 Å². The van der Waals surface area contributed by atoms with Crippen molar-refractivity contribution in [2.24, 2.45) is 17.3 Å². The lowest BCUT2D eigenvalue weighted by Crippen LogP contribution is -2.31. The largest absolute Gasteiger partial charge is 0.461 e. The number of carbonyl (C=O) groups excluding carboxylic acids is 1. The van der Waals surface area contributed by atoms with Gasteiger partial charge in [0.05, 0.1) is 6.10 Å². The molecule has 140 valence electrons. The van der Waals surface area contributed by atoms with E-state index in [9.17, 15) is 9.90 Å². The fourth-order valence-electron chi connectivity index (χ4n) is 4.61. The molecule has 0 aromatic heterocycles. The fraction of sp³-hybridized carbons (Fsp3) is 0.682. The predicted octanol–water partition coefficient (Wildman–Crippen LogP) is 4.97. The Balaban J connectivity index is 2.28. The molecule has 3 heteroatoms. The molecule has 0 unspecified atom stereocenters. The van der Waals surface area contributed by atoms with Crippen LogP contribution in [0.25, 0.3) is 0 Å². The lowest BCUT2D eigenvalue weighted by atomic mass is 9.70. The van der Waals surface area contributed by atoms with Gasteiger partial charge in [-0.25, -0.2) is 0 Å². The SMILES string of the molecule is C=C(C)[C@@H]1CC[C@]2(C)C[C@H](O)/C(COC(C)=O)=C/CC/C(C)=C/C[C@@H]12. The third-order valence-corrected chi connectivity index (χ3v) is 6.24. The number of rotatable bonds is 3. The van der Waals surface area contributed by atoms with Gasteiger partial charge in [-0.15, -0.1) is 0 Å². The highest BCUT2D eigenvalue weighted by Gasteiger charge is 2.45. The van der Waals surface area contributed by atoms with Crippen molar-refractivity contribution < 1.29 is 14.6 Å². The molecule has 0 aromatic rings. The van der Waals surface area contributed by atoms with Crippen LogP contribution in [-0.4, -0.2) is 23.8 Å². The number of ether oxygens (including phenoxy) is 1. The minimum atomic E-state index is -0.547. The number of aliphatic hydroxyl groups excluding tert-OH is 1. The Labute approximate surface area is 152 Å². The summed E-state index contributed by atoms with van der Waals surface area (Å²) in [5, 5.41) is 10.9. The monoisotopic (exact) mass is 346 g/mol. The average molecular weight is 347 g/mol. The summed E-state index contributed by atoms with van der Waals surface area (Å²) in [6.07, 6.45) is 9.82. The molecular formula is C22H34O3. The van der Waals surface area contributed by atoms with E-state index in [1.807, 2.05) is 0 Å². The van der Waals surface area contributed by atoms with E-state index >= 15 is 0 Å². The molecule has 2 rings (SSSR count). The van der Waals surface area contributed by atoms with Gasteiger partial charge in [-0.1, -0.05) is 36.8 Å². The minimum absolute atomic E-state index is 0.0828. The van der Waals surface area contributed by atoms with Gasteiger partial charge in [0, 0.05) is 6.92 Å². The molecule has 0 bridgehead atoms. The van der Waals surface area contributed by atoms with Crippen LogP contribution in [0, 0.1) is 17.3 Å². The smallest absolute Gasteiger partial charge is 0.302 e. The maximum absolute atomic E-state index is 11.2. The Morgan fingerprint density at radius 3 is 2.76 bits per heavy atom. The van der Waals surface area contributed by atoms with Crippen LogP contribution in [0.2, 0.25) is 0 Å². The molecule has 1 N–H and O–H groups in total. The van der Waals surface area contributed by atoms with Crippen LogP contribution in [0.1, 0.15) is 66.2 Å². The highest BCUT2D eigenvalue weighted by Crippen LogP contribution is 2.54. The summed E-state index contributed by atoms with van der Waals surface area (Å²) >= 11 is 0. The summed E-state index contributed by atoms with van der Waals surface area (Å²) in [7, 11) is 0. The second-order valence-corrected chi connectivity index (χ2v) is 8.36. The molecule has 3 nitrogen and oxygen atoms in total. The number of aliphatic hydroxyl groups is 1. The van der Waals surface area contributed by atoms with E-state index in [1.54, 1.807) is 0 Å². The third-order valence-electron chi connectivity index (χ3n) is 6.24. The quantitative estimate of drug-likeness (QED) is 0.580. The van der Waals surface area contributed by atoms with Crippen molar-refractivity contribution in [2.75, 3.05) is 6.61 Å². The van der Waals surface area contributed by atoms with Crippen LogP contribution in [0.4, 0.5) is 0 Å². The van der Waals surface area contributed by atoms with Crippen LogP contribution < -0.4 is 0 Å². The third kappa shape index (κ3) is 5.07. The van der Waals surface area contributed by atoms with Crippen LogP contribution in [-0.2, 0) is 9.53 Å². The topological polar surface area (TPSA) is 46.5 Å². The Morgan fingerprint density at radius 2 is 2.12 bits per heavy atom. The molecule has 2 aliphatic carbocycles. The zero-order chi connectivity index (χ0) is 18.6. The molecule has 0 saturated heterocycles. The summed E-state index contributed by atoms with van der Waals surface area (Å²) in [4.78, 5) is 11.2. The molecule has 1 saturated carbocycles. The lowest BCUT2D eigenvalue weighted by molar-refractivity contribution is -0.140. The van der Waals surface area contributed by atoms with Crippen LogP contribution in [0.3, 0.4) is 0 Å². The first-order valence-corrected chi connectivity index (χ1v) is 9.54. The minimum Gasteiger partial charge on any atom is -0.461 e. The number of esters is 1. The zero-order valence-electron chi connectivity index (χ0n) is 16.3. The molecule has 1 fully saturated rings. The molecule has 0 radical (unpaired) electrons. The van der Waals surface area contributed by atoms with Gasteiger partial charge in [-0.2, -0.15) is 0 Å². The van der Waals surface area contributed by atoms with E-state index < -0.39 is 6.10 Å². The normalized spacial score (nSPS) is 37.7. The van der Waals surface area contributed by atoms with E-state index in [-0.39, 0.29) is 18.0 Å². The maximum Gasteiger partial charge on any atom is 0.302 e. The van der Waals surface area contributed by atoms with Gasteiger partial charge < -0.3 is 9.84 Å². The van der Waals surface area contributed by atoms with Crippen molar-refractivity contribution in [3.63, 3.8) is 0 Å². The standard InChI is InChI=1S/C22H34O3/c1-15(2)19-11-12-22(5)13-21(24)18(14-25-17(4)23)8-6-7-16(3)9-10-20(19)22/h8-9,19-21,24H,1,6-7,10-14H2,2-5H3/b16-9+,18-8+/t19-,20-,21-,22+/m0/s1. The summed E-state index contributed by atoms with van der Waals surface area (Å²) in [6.45, 7) is 12.5. The zero-order valence-corrected chi connectivity index (χ0v) is 16.3. The van der Waals surface area contributed by atoms with Crippen molar-refractivity contribution >= 4 is 5.97 Å². The number of carbonyl (C=O) groups is 1. The Morgan fingerprint density at radius 1 is 1.40 bits per heavy atom. The molecule has 25 heavy (non-hydrogen) atoms. The first kappa shape index (κ1) is 20.0. The maximum atomic E-state index is 11.2. The van der Waals surface area contributed by atoms with E-state index in [2.05, 4.69) is 39.5 Å². The van der Waals surface area contributed by atoms with Crippen molar-refractivity contribution in [1.82, 2.24) is 0 Å². The van der Waals surface area contributed by atoms with Gasteiger partial charge in [0.2, 0.25) is 0 Å². The molecule has 2 aliphatic rings. The van der Waals surface area contributed by atoms with Crippen molar-refractivity contribution in [3.8, 4) is 0 Å². The van der Waals surface area contributed by atoms with Gasteiger partial charge in [0.25, 0.3) is 0 Å². The summed E-state index contributed by atoms with van der Waals surface area (Å²) in [6, 6.07) is 0. The highest BCUT2D eigenvalue weighted by molar-refractivity contribution is 5.66. The molecular weight excluding hydrogens is 312 g/mol. The van der Waals surface area contributed by atoms with E-state index in [0.717, 1.165) is 44.1 Å².